The number of carboxylic acids is 1. The van der Waals surface area contributed by atoms with Crippen LogP contribution in [0.3, 0.4) is 0 Å². The molecule has 0 unspecified atom stereocenters. The summed E-state index contributed by atoms with van der Waals surface area (Å²) in [6, 6.07) is 4.85. The number of amides is 1. The minimum Gasteiger partial charge on any atom is -0.489 e. The molecular weight excluding hydrogens is 294 g/mol. The molecule has 0 saturated carbocycles. The van der Waals surface area contributed by atoms with Crippen molar-refractivity contribution in [2.45, 2.75) is 33.8 Å². The molecule has 0 aliphatic heterocycles. The molecule has 0 bridgehead atoms. The first-order chi connectivity index (χ1) is 9.72. The number of ether oxygens (including phenoxy) is 1. The smallest absolute Gasteiger partial charge is 0.331 e. The fourth-order valence-electron chi connectivity index (χ4n) is 1.48. The first-order valence-electron chi connectivity index (χ1n) is 6.40. The summed E-state index contributed by atoms with van der Waals surface area (Å²) in [5, 5.41) is 11.8. The SMILES string of the molecule is CC(C(=O)O)=C(C)C(=O)Nc1ccc(OC(C)C)c(Cl)c1. The topological polar surface area (TPSA) is 75.6 Å². The molecule has 0 aliphatic rings. The van der Waals surface area contributed by atoms with Gasteiger partial charge in [0.1, 0.15) is 5.75 Å². The van der Waals surface area contributed by atoms with E-state index in [0.717, 1.165) is 0 Å². The van der Waals surface area contributed by atoms with Crippen LogP contribution in [0, 0.1) is 0 Å². The molecule has 0 radical (unpaired) electrons. The van der Waals surface area contributed by atoms with Crippen LogP contribution in [-0.2, 0) is 9.59 Å². The van der Waals surface area contributed by atoms with Gasteiger partial charge >= 0.3 is 5.97 Å². The lowest BCUT2D eigenvalue weighted by molar-refractivity contribution is -0.133. The van der Waals surface area contributed by atoms with Gasteiger partial charge in [0.05, 0.1) is 11.1 Å². The van der Waals surface area contributed by atoms with Crippen molar-refractivity contribution < 1.29 is 19.4 Å². The van der Waals surface area contributed by atoms with Crippen molar-refractivity contribution in [3.8, 4) is 5.75 Å². The van der Waals surface area contributed by atoms with Crippen molar-refractivity contribution in [2.75, 3.05) is 5.32 Å². The Morgan fingerprint density at radius 3 is 2.33 bits per heavy atom. The Balaban J connectivity index is 2.90. The number of nitrogens with one attached hydrogen (secondary N) is 1. The monoisotopic (exact) mass is 311 g/mol. The number of anilines is 1. The van der Waals surface area contributed by atoms with E-state index in [1.807, 2.05) is 13.8 Å². The lowest BCUT2D eigenvalue weighted by Gasteiger charge is -2.13. The number of carbonyl (C=O) groups excluding carboxylic acids is 1. The van der Waals surface area contributed by atoms with Gasteiger partial charge in [-0.2, -0.15) is 0 Å². The first kappa shape index (κ1) is 17.0. The Morgan fingerprint density at radius 2 is 1.86 bits per heavy atom. The van der Waals surface area contributed by atoms with Crippen LogP contribution in [-0.4, -0.2) is 23.1 Å². The molecule has 0 aromatic heterocycles. The van der Waals surface area contributed by atoms with Gasteiger partial charge in [-0.15, -0.1) is 0 Å². The fourth-order valence-corrected chi connectivity index (χ4v) is 1.71. The van der Waals surface area contributed by atoms with Gasteiger partial charge in [-0.3, -0.25) is 4.79 Å². The Hall–Kier alpha value is -2.01. The maximum atomic E-state index is 11.9. The predicted octanol–water partition coefficient (Wildman–Crippen LogP) is 3.49. The van der Waals surface area contributed by atoms with E-state index in [4.69, 9.17) is 21.4 Å². The highest BCUT2D eigenvalue weighted by Crippen LogP contribution is 2.28. The molecule has 0 saturated heterocycles. The zero-order valence-corrected chi connectivity index (χ0v) is 13.1. The van der Waals surface area contributed by atoms with E-state index >= 15 is 0 Å². The summed E-state index contributed by atoms with van der Waals surface area (Å²) < 4.78 is 5.49. The molecule has 0 spiro atoms. The molecule has 1 aromatic rings. The van der Waals surface area contributed by atoms with Crippen LogP contribution in [0.2, 0.25) is 5.02 Å². The molecule has 1 rings (SSSR count). The summed E-state index contributed by atoms with van der Waals surface area (Å²) >= 11 is 6.07. The van der Waals surface area contributed by atoms with E-state index in [9.17, 15) is 9.59 Å². The van der Waals surface area contributed by atoms with Gasteiger partial charge in [-0.1, -0.05) is 11.6 Å². The molecule has 21 heavy (non-hydrogen) atoms. The quantitative estimate of drug-likeness (QED) is 0.816. The molecule has 114 valence electrons. The lowest BCUT2D eigenvalue weighted by Crippen LogP contribution is -2.16. The maximum absolute atomic E-state index is 11.9. The Kier molecular flexibility index (Phi) is 5.79. The first-order valence-corrected chi connectivity index (χ1v) is 6.78. The van der Waals surface area contributed by atoms with Gasteiger partial charge in [-0.05, 0) is 45.9 Å². The molecule has 5 nitrogen and oxygen atoms in total. The van der Waals surface area contributed by atoms with Crippen molar-refractivity contribution in [3.63, 3.8) is 0 Å². The lowest BCUT2D eigenvalue weighted by atomic mass is 10.1. The minimum absolute atomic E-state index is 0.00152. The number of hydrogen-bond acceptors (Lipinski definition) is 3. The van der Waals surface area contributed by atoms with Crippen molar-refractivity contribution in [2.24, 2.45) is 0 Å². The van der Waals surface area contributed by atoms with Gasteiger partial charge in [0.2, 0.25) is 0 Å². The Bertz CT molecular complexity index is 593. The largest absolute Gasteiger partial charge is 0.489 e. The van der Waals surface area contributed by atoms with E-state index in [1.165, 1.54) is 13.8 Å². The third-order valence-corrected chi connectivity index (χ3v) is 3.07. The van der Waals surface area contributed by atoms with Crippen LogP contribution >= 0.6 is 11.6 Å². The van der Waals surface area contributed by atoms with Crippen LogP contribution in [0.4, 0.5) is 5.69 Å². The third kappa shape index (κ3) is 4.79. The highest BCUT2D eigenvalue weighted by Gasteiger charge is 2.13. The normalized spacial score (nSPS) is 11.9. The highest BCUT2D eigenvalue weighted by molar-refractivity contribution is 6.32. The van der Waals surface area contributed by atoms with Crippen LogP contribution in [0.1, 0.15) is 27.7 Å². The standard InChI is InChI=1S/C15H18ClNO4/c1-8(2)21-13-6-5-11(7-12(13)16)17-14(18)9(3)10(4)15(19)20/h5-8H,1-4H3,(H,17,18)(H,19,20). The summed E-state index contributed by atoms with van der Waals surface area (Å²) in [7, 11) is 0. The number of aliphatic carboxylic acids is 1. The molecule has 0 fully saturated rings. The molecule has 1 amide bonds. The van der Waals surface area contributed by atoms with Crippen LogP contribution in [0.5, 0.6) is 5.75 Å². The molecule has 2 N–H and O–H groups in total. The molecule has 0 aliphatic carbocycles. The maximum Gasteiger partial charge on any atom is 0.331 e. The number of benzene rings is 1. The number of hydrogen-bond donors (Lipinski definition) is 2. The molecule has 6 heteroatoms. The van der Waals surface area contributed by atoms with Crippen LogP contribution in [0.25, 0.3) is 0 Å². The number of rotatable bonds is 5. The predicted molar refractivity (Wildman–Crippen MR) is 81.9 cm³/mol. The van der Waals surface area contributed by atoms with E-state index < -0.39 is 11.9 Å². The van der Waals surface area contributed by atoms with Crippen molar-refractivity contribution in [1.29, 1.82) is 0 Å². The van der Waals surface area contributed by atoms with E-state index in [0.29, 0.717) is 16.5 Å². The van der Waals surface area contributed by atoms with Crippen molar-refractivity contribution in [3.05, 3.63) is 34.4 Å². The summed E-state index contributed by atoms with van der Waals surface area (Å²) in [4.78, 5) is 22.7. The van der Waals surface area contributed by atoms with E-state index in [-0.39, 0.29) is 17.3 Å². The zero-order valence-electron chi connectivity index (χ0n) is 12.4. The van der Waals surface area contributed by atoms with Crippen LogP contribution < -0.4 is 10.1 Å². The molecule has 1 aromatic carbocycles. The van der Waals surface area contributed by atoms with E-state index in [1.54, 1.807) is 18.2 Å². The van der Waals surface area contributed by atoms with Crippen molar-refractivity contribution in [1.82, 2.24) is 0 Å². The van der Waals surface area contributed by atoms with E-state index in [2.05, 4.69) is 5.32 Å². The second-order valence-corrected chi connectivity index (χ2v) is 5.23. The van der Waals surface area contributed by atoms with Gasteiger partial charge in [0, 0.05) is 16.8 Å². The number of halogens is 1. The van der Waals surface area contributed by atoms with Gasteiger partial charge in [0.15, 0.2) is 0 Å². The average Bonchev–Trinajstić information content (AvgIpc) is 2.39. The number of carboxylic acid groups (broad SMARTS) is 1. The zero-order chi connectivity index (χ0) is 16.2. The highest BCUT2D eigenvalue weighted by atomic mass is 35.5. The number of carbonyl (C=O) groups is 2. The third-order valence-electron chi connectivity index (χ3n) is 2.78. The van der Waals surface area contributed by atoms with Crippen LogP contribution in [0.15, 0.2) is 29.3 Å². The summed E-state index contributed by atoms with van der Waals surface area (Å²) in [5.41, 5.74) is 0.609. The molecular formula is C15H18ClNO4. The fraction of sp³-hybridized carbons (Fsp3) is 0.333. The van der Waals surface area contributed by atoms with Crippen molar-refractivity contribution >= 4 is 29.2 Å². The summed E-state index contributed by atoms with van der Waals surface area (Å²) in [6.07, 6.45) is -0.00802. The van der Waals surface area contributed by atoms with Gasteiger partial charge in [0.25, 0.3) is 5.91 Å². The minimum atomic E-state index is -1.12. The Morgan fingerprint density at radius 1 is 1.24 bits per heavy atom. The van der Waals surface area contributed by atoms with Gasteiger partial charge in [-0.25, -0.2) is 4.79 Å². The second-order valence-electron chi connectivity index (χ2n) is 4.82. The second kappa shape index (κ2) is 7.13. The molecule has 0 heterocycles. The molecule has 0 atom stereocenters. The summed E-state index contributed by atoms with van der Waals surface area (Å²) in [5.74, 6) is -1.08. The van der Waals surface area contributed by atoms with Gasteiger partial charge < -0.3 is 15.2 Å². The summed E-state index contributed by atoms with van der Waals surface area (Å²) in [6.45, 7) is 6.60. The average molecular weight is 312 g/mol. The Labute approximate surface area is 128 Å².